The Bertz CT molecular complexity index is 496. The molecule has 0 bridgehead atoms. The summed E-state index contributed by atoms with van der Waals surface area (Å²) in [5.41, 5.74) is 1.81. The highest BCUT2D eigenvalue weighted by Crippen LogP contribution is 2.29. The molecule has 1 nitrogen and oxygen atoms in total. The lowest BCUT2D eigenvalue weighted by molar-refractivity contribution is 0.165. The van der Waals surface area contributed by atoms with Crippen molar-refractivity contribution in [3.05, 3.63) is 71.8 Å². The summed E-state index contributed by atoms with van der Waals surface area (Å²) in [4.78, 5) is 0. The molecule has 0 saturated heterocycles. The second-order valence-corrected chi connectivity index (χ2v) is 3.91. The molecular weight excluding hydrogens is 208 g/mol. The van der Waals surface area contributed by atoms with Gasteiger partial charge in [0.1, 0.15) is 0 Å². The van der Waals surface area contributed by atoms with E-state index in [2.05, 4.69) is 5.92 Å². The fourth-order valence-corrected chi connectivity index (χ4v) is 1.87. The monoisotopic (exact) mass is 222 g/mol. The molecule has 2 aromatic rings. The zero-order valence-electron chi connectivity index (χ0n) is 9.45. The van der Waals surface area contributed by atoms with Crippen LogP contribution in [0, 0.1) is 12.3 Å². The molecule has 0 aliphatic heterocycles. The summed E-state index contributed by atoms with van der Waals surface area (Å²) in [5.74, 6) is 2.36. The molecule has 0 aliphatic carbocycles. The summed E-state index contributed by atoms with van der Waals surface area (Å²) < 4.78 is 0. The summed E-state index contributed by atoms with van der Waals surface area (Å²) in [6, 6.07) is 19.2. The molecule has 17 heavy (non-hydrogen) atoms. The smallest absolute Gasteiger partial charge is 0.0968 e. The van der Waals surface area contributed by atoms with Crippen LogP contribution in [0.25, 0.3) is 0 Å². The molecule has 0 fully saturated rings. The van der Waals surface area contributed by atoms with Crippen molar-refractivity contribution in [1.29, 1.82) is 0 Å². The maximum Gasteiger partial charge on any atom is 0.0968 e. The van der Waals surface area contributed by atoms with Crippen LogP contribution in [0.2, 0.25) is 0 Å². The lowest BCUT2D eigenvalue weighted by atomic mass is 9.90. The van der Waals surface area contributed by atoms with E-state index < -0.39 is 6.10 Å². The third-order valence-corrected chi connectivity index (χ3v) is 2.80. The maximum absolute atomic E-state index is 10.3. The summed E-state index contributed by atoms with van der Waals surface area (Å²) in [6.45, 7) is 0. The molecule has 0 aromatic heterocycles. The number of aliphatic hydroxyl groups is 1. The van der Waals surface area contributed by atoms with Crippen LogP contribution in [0.4, 0.5) is 0 Å². The first-order valence-electron chi connectivity index (χ1n) is 5.57. The van der Waals surface area contributed by atoms with Gasteiger partial charge in [-0.15, -0.1) is 6.42 Å². The van der Waals surface area contributed by atoms with E-state index in [0.717, 1.165) is 11.1 Å². The number of benzene rings is 2. The van der Waals surface area contributed by atoms with Crippen molar-refractivity contribution in [3.63, 3.8) is 0 Å². The number of rotatable bonds is 3. The van der Waals surface area contributed by atoms with Gasteiger partial charge in [-0.05, 0) is 11.1 Å². The average Bonchev–Trinajstić information content (AvgIpc) is 2.42. The van der Waals surface area contributed by atoms with Crippen molar-refractivity contribution in [2.45, 2.75) is 12.0 Å². The Balaban J connectivity index is 2.30. The molecule has 1 N–H and O–H groups in total. The van der Waals surface area contributed by atoms with E-state index in [1.54, 1.807) is 0 Å². The van der Waals surface area contributed by atoms with Crippen LogP contribution in [0.5, 0.6) is 0 Å². The Morgan fingerprint density at radius 1 is 0.824 bits per heavy atom. The van der Waals surface area contributed by atoms with Crippen molar-refractivity contribution < 1.29 is 5.11 Å². The summed E-state index contributed by atoms with van der Waals surface area (Å²) in [7, 11) is 0. The second kappa shape index (κ2) is 5.34. The van der Waals surface area contributed by atoms with Gasteiger partial charge in [0.25, 0.3) is 0 Å². The fourth-order valence-electron chi connectivity index (χ4n) is 1.87. The Morgan fingerprint density at radius 2 is 1.29 bits per heavy atom. The molecule has 84 valence electrons. The first-order valence-corrected chi connectivity index (χ1v) is 5.57. The van der Waals surface area contributed by atoms with Crippen LogP contribution in [0.3, 0.4) is 0 Å². The Morgan fingerprint density at radius 3 is 1.76 bits per heavy atom. The predicted molar refractivity (Wildman–Crippen MR) is 69.4 cm³/mol. The minimum absolute atomic E-state index is 0.307. The molecule has 0 saturated carbocycles. The van der Waals surface area contributed by atoms with Gasteiger partial charge >= 0.3 is 0 Å². The minimum Gasteiger partial charge on any atom is -0.387 e. The van der Waals surface area contributed by atoms with Gasteiger partial charge in [0, 0.05) is 0 Å². The van der Waals surface area contributed by atoms with Crippen LogP contribution in [0.15, 0.2) is 60.7 Å². The largest absolute Gasteiger partial charge is 0.387 e. The minimum atomic E-state index is -0.663. The molecule has 0 heterocycles. The lowest BCUT2D eigenvalue weighted by Crippen LogP contribution is -2.08. The highest BCUT2D eigenvalue weighted by molar-refractivity contribution is 5.32. The first-order chi connectivity index (χ1) is 8.33. The molecule has 2 rings (SSSR count). The van der Waals surface area contributed by atoms with Crippen LogP contribution in [-0.2, 0) is 0 Å². The fraction of sp³-hybridized carbons (Fsp3) is 0.125. The summed E-state index contributed by atoms with van der Waals surface area (Å²) in [6.07, 6.45) is 4.87. The molecular formula is C16H14O. The predicted octanol–water partition coefficient (Wildman–Crippen LogP) is 3.14. The van der Waals surface area contributed by atoms with Crippen molar-refractivity contribution in [2.75, 3.05) is 0 Å². The average molecular weight is 222 g/mol. The highest BCUT2D eigenvalue weighted by atomic mass is 16.3. The van der Waals surface area contributed by atoms with E-state index in [1.165, 1.54) is 0 Å². The van der Waals surface area contributed by atoms with Gasteiger partial charge in [-0.1, -0.05) is 66.6 Å². The molecule has 0 radical (unpaired) electrons. The van der Waals surface area contributed by atoms with Crippen LogP contribution >= 0.6 is 0 Å². The van der Waals surface area contributed by atoms with Crippen LogP contribution in [0.1, 0.15) is 23.1 Å². The molecule has 0 unspecified atom stereocenters. The van der Waals surface area contributed by atoms with E-state index in [9.17, 15) is 5.11 Å². The maximum atomic E-state index is 10.3. The van der Waals surface area contributed by atoms with Gasteiger partial charge in [0.05, 0.1) is 12.0 Å². The third kappa shape index (κ3) is 2.55. The quantitative estimate of drug-likeness (QED) is 0.791. The molecule has 1 heteroatoms. The molecule has 0 amide bonds. The van der Waals surface area contributed by atoms with E-state index >= 15 is 0 Å². The van der Waals surface area contributed by atoms with Gasteiger partial charge in [0.2, 0.25) is 0 Å². The van der Waals surface area contributed by atoms with E-state index in [4.69, 9.17) is 6.42 Å². The SMILES string of the molecule is C#C[C@@H](c1ccccc1)[C@H](O)c1ccccc1. The lowest BCUT2D eigenvalue weighted by Gasteiger charge is -2.18. The Hall–Kier alpha value is -2.04. The summed E-state index contributed by atoms with van der Waals surface area (Å²) in [5, 5.41) is 10.3. The molecule has 0 aliphatic rings. The molecule has 2 atom stereocenters. The van der Waals surface area contributed by atoms with Crippen molar-refractivity contribution in [3.8, 4) is 12.3 Å². The third-order valence-electron chi connectivity index (χ3n) is 2.80. The van der Waals surface area contributed by atoms with Gasteiger partial charge in [-0.2, -0.15) is 0 Å². The van der Waals surface area contributed by atoms with Crippen LogP contribution in [-0.4, -0.2) is 5.11 Å². The van der Waals surface area contributed by atoms with Crippen molar-refractivity contribution in [2.24, 2.45) is 0 Å². The standard InChI is InChI=1S/C16H14O/c1-2-15(13-9-5-3-6-10-13)16(17)14-11-7-4-8-12-14/h1,3-12,15-17H/t15-,16+/m0/s1. The zero-order chi connectivity index (χ0) is 12.1. The Kier molecular flexibility index (Phi) is 3.59. The van der Waals surface area contributed by atoms with Gasteiger partial charge in [-0.3, -0.25) is 0 Å². The Labute approximate surface area is 102 Å². The van der Waals surface area contributed by atoms with Gasteiger partial charge in [0.15, 0.2) is 0 Å². The van der Waals surface area contributed by atoms with E-state index in [-0.39, 0.29) is 5.92 Å². The van der Waals surface area contributed by atoms with E-state index in [1.807, 2.05) is 60.7 Å². The van der Waals surface area contributed by atoms with Gasteiger partial charge in [-0.25, -0.2) is 0 Å². The summed E-state index contributed by atoms with van der Waals surface area (Å²) >= 11 is 0. The second-order valence-electron chi connectivity index (χ2n) is 3.91. The number of terminal acetylenes is 1. The van der Waals surface area contributed by atoms with Crippen molar-refractivity contribution >= 4 is 0 Å². The van der Waals surface area contributed by atoms with Crippen molar-refractivity contribution in [1.82, 2.24) is 0 Å². The van der Waals surface area contributed by atoms with Crippen LogP contribution < -0.4 is 0 Å². The highest BCUT2D eigenvalue weighted by Gasteiger charge is 2.19. The number of aliphatic hydroxyl groups excluding tert-OH is 1. The van der Waals surface area contributed by atoms with Gasteiger partial charge < -0.3 is 5.11 Å². The molecule has 2 aromatic carbocycles. The first kappa shape index (κ1) is 11.4. The zero-order valence-corrected chi connectivity index (χ0v) is 9.45. The normalized spacial score (nSPS) is 13.6. The molecule has 0 spiro atoms. The number of hydrogen-bond acceptors (Lipinski definition) is 1. The topological polar surface area (TPSA) is 20.2 Å². The number of hydrogen-bond donors (Lipinski definition) is 1. The van der Waals surface area contributed by atoms with E-state index in [0.29, 0.717) is 0 Å².